The fourth-order valence-corrected chi connectivity index (χ4v) is 1.35. The summed E-state index contributed by atoms with van der Waals surface area (Å²) >= 11 is 0. The second-order valence-corrected chi connectivity index (χ2v) is 4.03. The van der Waals surface area contributed by atoms with Gasteiger partial charge in [0.25, 0.3) is 0 Å². The molecule has 4 heteroatoms. The summed E-state index contributed by atoms with van der Waals surface area (Å²) in [7, 11) is 0. The van der Waals surface area contributed by atoms with Crippen LogP contribution in [0.5, 0.6) is 0 Å². The third-order valence-electron chi connectivity index (χ3n) is 2.03. The Morgan fingerprint density at radius 3 is 2.67 bits per heavy atom. The van der Waals surface area contributed by atoms with Gasteiger partial charge in [0, 0.05) is 19.5 Å². The smallest absolute Gasteiger partial charge is 0.222 e. The van der Waals surface area contributed by atoms with Crippen molar-refractivity contribution in [3.8, 4) is 6.07 Å². The number of carbonyl (C=O) groups excluding carboxylic acids is 1. The van der Waals surface area contributed by atoms with E-state index in [2.05, 4.69) is 19.9 Å². The second-order valence-electron chi connectivity index (χ2n) is 4.03. The number of nitrogens with two attached hydrogens (primary N) is 1. The van der Waals surface area contributed by atoms with E-state index in [0.29, 0.717) is 31.8 Å². The van der Waals surface area contributed by atoms with Crippen molar-refractivity contribution in [3.05, 3.63) is 0 Å². The van der Waals surface area contributed by atoms with E-state index in [1.54, 1.807) is 4.90 Å². The van der Waals surface area contributed by atoms with Crippen LogP contribution < -0.4 is 5.73 Å². The molecule has 0 fully saturated rings. The van der Waals surface area contributed by atoms with E-state index >= 15 is 0 Å². The molecule has 0 unspecified atom stereocenters. The summed E-state index contributed by atoms with van der Waals surface area (Å²) in [4.78, 5) is 13.5. The van der Waals surface area contributed by atoms with Crippen LogP contribution in [0.1, 0.15) is 33.1 Å². The Bertz CT molecular complexity index is 220. The van der Waals surface area contributed by atoms with Crippen molar-refractivity contribution in [1.29, 1.82) is 5.26 Å². The van der Waals surface area contributed by atoms with Crippen molar-refractivity contribution in [3.63, 3.8) is 0 Å². The Morgan fingerprint density at radius 2 is 2.20 bits per heavy atom. The summed E-state index contributed by atoms with van der Waals surface area (Å²) in [5.74, 6) is 0.551. The largest absolute Gasteiger partial charge is 0.341 e. The van der Waals surface area contributed by atoms with Gasteiger partial charge in [0.05, 0.1) is 12.5 Å². The normalized spacial score (nSPS) is 10.1. The molecule has 0 radical (unpaired) electrons. The average molecular weight is 211 g/mol. The zero-order chi connectivity index (χ0) is 11.7. The highest BCUT2D eigenvalue weighted by Gasteiger charge is 2.13. The molecule has 0 saturated carbocycles. The van der Waals surface area contributed by atoms with Crippen molar-refractivity contribution in [1.82, 2.24) is 4.90 Å². The zero-order valence-electron chi connectivity index (χ0n) is 9.70. The van der Waals surface area contributed by atoms with Crippen LogP contribution in [-0.4, -0.2) is 30.4 Å². The van der Waals surface area contributed by atoms with Crippen LogP contribution in [0.2, 0.25) is 0 Å². The Labute approximate surface area is 92.0 Å². The lowest BCUT2D eigenvalue weighted by Gasteiger charge is -2.23. The van der Waals surface area contributed by atoms with Gasteiger partial charge in [-0.1, -0.05) is 13.8 Å². The van der Waals surface area contributed by atoms with Gasteiger partial charge in [0.2, 0.25) is 5.91 Å². The van der Waals surface area contributed by atoms with Crippen LogP contribution in [0.4, 0.5) is 0 Å². The molecule has 0 bridgehead atoms. The van der Waals surface area contributed by atoms with Gasteiger partial charge in [0.1, 0.15) is 0 Å². The Hall–Kier alpha value is -1.08. The van der Waals surface area contributed by atoms with Gasteiger partial charge in [0.15, 0.2) is 0 Å². The van der Waals surface area contributed by atoms with Gasteiger partial charge in [-0.05, 0) is 18.9 Å². The highest BCUT2D eigenvalue weighted by atomic mass is 16.2. The number of carbonyl (C=O) groups is 1. The first kappa shape index (κ1) is 13.9. The van der Waals surface area contributed by atoms with E-state index in [4.69, 9.17) is 11.0 Å². The van der Waals surface area contributed by atoms with Crippen LogP contribution in [0, 0.1) is 17.2 Å². The van der Waals surface area contributed by atoms with Crippen LogP contribution in [0.15, 0.2) is 0 Å². The lowest BCUT2D eigenvalue weighted by molar-refractivity contribution is -0.131. The van der Waals surface area contributed by atoms with E-state index in [1.807, 2.05) is 0 Å². The first-order chi connectivity index (χ1) is 7.11. The first-order valence-electron chi connectivity index (χ1n) is 5.46. The molecule has 0 aromatic rings. The second kappa shape index (κ2) is 8.25. The van der Waals surface area contributed by atoms with Crippen LogP contribution in [0.25, 0.3) is 0 Å². The number of hydrogen-bond donors (Lipinski definition) is 1. The van der Waals surface area contributed by atoms with Crippen molar-refractivity contribution in [2.45, 2.75) is 33.1 Å². The topological polar surface area (TPSA) is 70.1 Å². The van der Waals surface area contributed by atoms with Crippen molar-refractivity contribution in [2.75, 3.05) is 19.6 Å². The van der Waals surface area contributed by atoms with Crippen LogP contribution in [-0.2, 0) is 4.79 Å². The summed E-state index contributed by atoms with van der Waals surface area (Å²) < 4.78 is 0. The molecular weight excluding hydrogens is 190 g/mol. The Balaban J connectivity index is 4.09. The molecule has 0 aliphatic heterocycles. The van der Waals surface area contributed by atoms with E-state index in [-0.39, 0.29) is 5.91 Å². The third-order valence-corrected chi connectivity index (χ3v) is 2.03. The average Bonchev–Trinajstić information content (AvgIpc) is 2.20. The zero-order valence-corrected chi connectivity index (χ0v) is 9.70. The molecule has 1 amide bonds. The lowest BCUT2D eigenvalue weighted by atomic mass is 10.2. The van der Waals surface area contributed by atoms with Crippen LogP contribution >= 0.6 is 0 Å². The van der Waals surface area contributed by atoms with Crippen molar-refractivity contribution in [2.24, 2.45) is 11.7 Å². The van der Waals surface area contributed by atoms with Crippen LogP contribution in [0.3, 0.4) is 0 Å². The molecule has 15 heavy (non-hydrogen) atoms. The minimum atomic E-state index is 0.115. The molecule has 4 nitrogen and oxygen atoms in total. The van der Waals surface area contributed by atoms with E-state index in [9.17, 15) is 4.79 Å². The SMILES string of the molecule is CC(C)CN(CCC#N)C(=O)CCCN. The number of nitriles is 1. The molecule has 0 aliphatic carbocycles. The number of hydrogen-bond acceptors (Lipinski definition) is 3. The molecule has 0 aromatic heterocycles. The van der Waals surface area contributed by atoms with Gasteiger partial charge >= 0.3 is 0 Å². The summed E-state index contributed by atoms with van der Waals surface area (Å²) in [5, 5.41) is 8.50. The summed E-state index contributed by atoms with van der Waals surface area (Å²) in [6, 6.07) is 2.06. The fraction of sp³-hybridized carbons (Fsp3) is 0.818. The van der Waals surface area contributed by atoms with Gasteiger partial charge < -0.3 is 10.6 Å². The maximum atomic E-state index is 11.7. The highest BCUT2D eigenvalue weighted by molar-refractivity contribution is 5.76. The molecule has 0 rings (SSSR count). The summed E-state index contributed by atoms with van der Waals surface area (Å²) in [5.41, 5.74) is 5.36. The van der Waals surface area contributed by atoms with Gasteiger partial charge in [-0.2, -0.15) is 5.26 Å². The van der Waals surface area contributed by atoms with Gasteiger partial charge in [-0.3, -0.25) is 4.79 Å². The molecule has 2 N–H and O–H groups in total. The lowest BCUT2D eigenvalue weighted by Crippen LogP contribution is -2.35. The third kappa shape index (κ3) is 6.92. The molecule has 0 saturated heterocycles. The molecular formula is C11H21N3O. The monoisotopic (exact) mass is 211 g/mol. The number of amides is 1. The summed E-state index contributed by atoms with van der Waals surface area (Å²) in [6.45, 7) is 5.94. The quantitative estimate of drug-likeness (QED) is 0.686. The minimum Gasteiger partial charge on any atom is -0.341 e. The predicted molar refractivity (Wildman–Crippen MR) is 59.9 cm³/mol. The van der Waals surface area contributed by atoms with Gasteiger partial charge in [-0.25, -0.2) is 0 Å². The molecule has 0 spiro atoms. The molecule has 0 aromatic carbocycles. The van der Waals surface area contributed by atoms with E-state index in [0.717, 1.165) is 13.0 Å². The number of rotatable bonds is 7. The fourth-order valence-electron chi connectivity index (χ4n) is 1.35. The molecule has 0 atom stereocenters. The Morgan fingerprint density at radius 1 is 1.53 bits per heavy atom. The molecule has 86 valence electrons. The van der Waals surface area contributed by atoms with Crippen molar-refractivity contribution >= 4 is 5.91 Å². The first-order valence-corrected chi connectivity index (χ1v) is 5.46. The minimum absolute atomic E-state index is 0.115. The summed E-state index contributed by atoms with van der Waals surface area (Å²) in [6.07, 6.45) is 1.62. The van der Waals surface area contributed by atoms with Gasteiger partial charge in [-0.15, -0.1) is 0 Å². The molecule has 0 aliphatic rings. The Kier molecular flexibility index (Phi) is 7.65. The van der Waals surface area contributed by atoms with Crippen molar-refractivity contribution < 1.29 is 4.79 Å². The predicted octanol–water partition coefficient (Wildman–Crippen LogP) is 1.12. The van der Waals surface area contributed by atoms with E-state index < -0.39 is 0 Å². The van der Waals surface area contributed by atoms with E-state index in [1.165, 1.54) is 0 Å². The standard InChI is InChI=1S/C11H21N3O/c1-10(2)9-14(8-4-7-13)11(15)5-3-6-12/h10H,3-6,8-9,12H2,1-2H3. The maximum absolute atomic E-state index is 11.7. The maximum Gasteiger partial charge on any atom is 0.222 e. The molecule has 0 heterocycles. The number of nitrogens with zero attached hydrogens (tertiary/aromatic N) is 2. The highest BCUT2D eigenvalue weighted by Crippen LogP contribution is 2.03.